The molecule has 1 aliphatic rings. The third-order valence-electron chi connectivity index (χ3n) is 4.81. The number of benzene rings is 2. The van der Waals surface area contributed by atoms with Crippen LogP contribution in [0.5, 0.6) is 11.5 Å². The zero-order chi connectivity index (χ0) is 22.3. The molecule has 1 fully saturated rings. The van der Waals surface area contributed by atoms with E-state index in [1.54, 1.807) is 4.90 Å². The average molecular weight is 434 g/mol. The van der Waals surface area contributed by atoms with Crippen molar-refractivity contribution in [2.24, 2.45) is 5.73 Å². The lowest BCUT2D eigenvalue weighted by Gasteiger charge is -2.42. The van der Waals surface area contributed by atoms with Crippen LogP contribution in [0.4, 0.5) is 8.78 Å². The summed E-state index contributed by atoms with van der Waals surface area (Å²) in [5.74, 6) is -0.659. The molecule has 166 valence electrons. The summed E-state index contributed by atoms with van der Waals surface area (Å²) in [6.45, 7) is 0.776. The second-order valence-electron chi connectivity index (χ2n) is 7.28. The van der Waals surface area contributed by atoms with Crippen molar-refractivity contribution in [1.29, 1.82) is 0 Å². The topological polar surface area (TPSA) is 91.1 Å². The standard InChI is InChI=1S/C22H24F2N2O5/c23-16-1-5-18(6-2-16)29-11-9-21(28)26-10-12-31-22(14-26,13-20(25)27)15-30-19-7-3-17(24)4-8-19/h1-8H,9-15H2,(H2,25,27)/t22-/m1/s1. The van der Waals surface area contributed by atoms with E-state index in [-0.39, 0.29) is 50.9 Å². The van der Waals surface area contributed by atoms with Gasteiger partial charge in [-0.15, -0.1) is 0 Å². The molecule has 0 unspecified atom stereocenters. The molecule has 2 aromatic rings. The minimum absolute atomic E-state index is 0.0303. The normalized spacial score (nSPS) is 18.5. The SMILES string of the molecule is NC(=O)C[C@]1(COc2ccc(F)cc2)CN(C(=O)CCOc2ccc(F)cc2)CCO1. The molecule has 31 heavy (non-hydrogen) atoms. The van der Waals surface area contributed by atoms with Gasteiger partial charge in [0, 0.05) is 6.54 Å². The zero-order valence-corrected chi connectivity index (χ0v) is 16.9. The van der Waals surface area contributed by atoms with Crippen LogP contribution < -0.4 is 15.2 Å². The quantitative estimate of drug-likeness (QED) is 0.654. The van der Waals surface area contributed by atoms with Gasteiger partial charge >= 0.3 is 0 Å². The summed E-state index contributed by atoms with van der Waals surface area (Å²) in [5, 5.41) is 0. The van der Waals surface area contributed by atoms with Gasteiger partial charge in [0.25, 0.3) is 0 Å². The number of rotatable bonds is 9. The van der Waals surface area contributed by atoms with Crippen LogP contribution in [0.15, 0.2) is 48.5 Å². The maximum Gasteiger partial charge on any atom is 0.226 e. The highest BCUT2D eigenvalue weighted by atomic mass is 19.1. The van der Waals surface area contributed by atoms with E-state index in [4.69, 9.17) is 19.9 Å². The summed E-state index contributed by atoms with van der Waals surface area (Å²) < 4.78 is 43.0. The molecule has 1 atom stereocenters. The van der Waals surface area contributed by atoms with Crippen LogP contribution in [0.1, 0.15) is 12.8 Å². The van der Waals surface area contributed by atoms with Crippen LogP contribution >= 0.6 is 0 Å². The van der Waals surface area contributed by atoms with E-state index in [1.165, 1.54) is 48.5 Å². The Balaban J connectivity index is 1.57. The third kappa shape index (κ3) is 6.65. The molecule has 9 heteroatoms. The maximum atomic E-state index is 13.1. The first-order valence-corrected chi connectivity index (χ1v) is 9.82. The first-order chi connectivity index (χ1) is 14.8. The molecule has 2 amide bonds. The smallest absolute Gasteiger partial charge is 0.226 e. The van der Waals surface area contributed by atoms with Gasteiger partial charge in [0.1, 0.15) is 35.3 Å². The minimum Gasteiger partial charge on any atom is -0.493 e. The van der Waals surface area contributed by atoms with Gasteiger partial charge in [0.05, 0.1) is 32.6 Å². The number of nitrogens with zero attached hydrogens (tertiary/aromatic N) is 1. The molecule has 2 N–H and O–H groups in total. The Bertz CT molecular complexity index is 892. The summed E-state index contributed by atoms with van der Waals surface area (Å²) in [6.07, 6.45) is -0.0348. The van der Waals surface area contributed by atoms with Crippen molar-refractivity contribution in [2.75, 3.05) is 32.9 Å². The molecule has 0 saturated carbocycles. The molecule has 1 heterocycles. The first-order valence-electron chi connectivity index (χ1n) is 9.82. The highest BCUT2D eigenvalue weighted by molar-refractivity contribution is 5.77. The Labute approximate surface area is 178 Å². The first kappa shape index (κ1) is 22.5. The number of morpholine rings is 1. The molecule has 0 radical (unpaired) electrons. The Hall–Kier alpha value is -3.20. The predicted molar refractivity (Wildman–Crippen MR) is 107 cm³/mol. The van der Waals surface area contributed by atoms with E-state index in [9.17, 15) is 18.4 Å². The summed E-state index contributed by atoms with van der Waals surface area (Å²) in [5.41, 5.74) is 4.29. The fourth-order valence-electron chi connectivity index (χ4n) is 3.31. The van der Waals surface area contributed by atoms with Crippen LogP contribution in [-0.4, -0.2) is 55.2 Å². The van der Waals surface area contributed by atoms with E-state index < -0.39 is 17.3 Å². The maximum absolute atomic E-state index is 13.1. The van der Waals surface area contributed by atoms with Crippen molar-refractivity contribution in [3.05, 3.63) is 60.2 Å². The summed E-state index contributed by atoms with van der Waals surface area (Å²) >= 11 is 0. The average Bonchev–Trinajstić information content (AvgIpc) is 2.74. The van der Waals surface area contributed by atoms with Crippen molar-refractivity contribution in [3.8, 4) is 11.5 Å². The second-order valence-corrected chi connectivity index (χ2v) is 7.28. The Kier molecular flexibility index (Phi) is 7.41. The fraction of sp³-hybridized carbons (Fsp3) is 0.364. The molecule has 3 rings (SSSR count). The highest BCUT2D eigenvalue weighted by Gasteiger charge is 2.40. The third-order valence-corrected chi connectivity index (χ3v) is 4.81. The monoisotopic (exact) mass is 434 g/mol. The van der Waals surface area contributed by atoms with Gasteiger partial charge in [0.2, 0.25) is 11.8 Å². The molecule has 0 spiro atoms. The number of halogens is 2. The van der Waals surface area contributed by atoms with Crippen molar-refractivity contribution in [3.63, 3.8) is 0 Å². The highest BCUT2D eigenvalue weighted by Crippen LogP contribution is 2.25. The molecule has 0 aromatic heterocycles. The molecule has 2 aromatic carbocycles. The summed E-state index contributed by atoms with van der Waals surface area (Å²) in [6, 6.07) is 11.0. The lowest BCUT2D eigenvalue weighted by molar-refractivity contribution is -0.162. The number of ether oxygens (including phenoxy) is 3. The van der Waals surface area contributed by atoms with Crippen LogP contribution in [0.2, 0.25) is 0 Å². The number of amides is 2. The zero-order valence-electron chi connectivity index (χ0n) is 16.9. The number of carbonyl (C=O) groups is 2. The second kappa shape index (κ2) is 10.2. The number of carbonyl (C=O) groups excluding carboxylic acids is 2. The van der Waals surface area contributed by atoms with E-state index in [1.807, 2.05) is 0 Å². The largest absolute Gasteiger partial charge is 0.493 e. The van der Waals surface area contributed by atoms with Gasteiger partial charge in [-0.05, 0) is 48.5 Å². The number of nitrogens with two attached hydrogens (primary N) is 1. The molecular weight excluding hydrogens is 410 g/mol. The molecular formula is C22H24F2N2O5. The predicted octanol–water partition coefficient (Wildman–Crippen LogP) is 2.29. The van der Waals surface area contributed by atoms with Gasteiger partial charge < -0.3 is 24.8 Å². The van der Waals surface area contributed by atoms with E-state index in [2.05, 4.69) is 0 Å². The van der Waals surface area contributed by atoms with E-state index >= 15 is 0 Å². The molecule has 1 saturated heterocycles. The molecule has 0 bridgehead atoms. The summed E-state index contributed by atoms with van der Waals surface area (Å²) in [4.78, 5) is 25.9. The summed E-state index contributed by atoms with van der Waals surface area (Å²) in [7, 11) is 0. The van der Waals surface area contributed by atoms with Crippen LogP contribution in [-0.2, 0) is 14.3 Å². The number of hydrogen-bond acceptors (Lipinski definition) is 5. The van der Waals surface area contributed by atoms with Crippen molar-refractivity contribution >= 4 is 11.8 Å². The van der Waals surface area contributed by atoms with Gasteiger partial charge in [-0.2, -0.15) is 0 Å². The Morgan fingerprint density at radius 1 is 1.00 bits per heavy atom. The Morgan fingerprint density at radius 2 is 1.58 bits per heavy atom. The number of hydrogen-bond donors (Lipinski definition) is 1. The van der Waals surface area contributed by atoms with Crippen molar-refractivity contribution in [2.45, 2.75) is 18.4 Å². The van der Waals surface area contributed by atoms with E-state index in [0.29, 0.717) is 18.0 Å². The van der Waals surface area contributed by atoms with Gasteiger partial charge in [-0.1, -0.05) is 0 Å². The van der Waals surface area contributed by atoms with Crippen LogP contribution in [0.3, 0.4) is 0 Å². The lowest BCUT2D eigenvalue weighted by atomic mass is 9.97. The molecule has 7 nitrogen and oxygen atoms in total. The van der Waals surface area contributed by atoms with Gasteiger partial charge in [-0.25, -0.2) is 8.78 Å². The van der Waals surface area contributed by atoms with Crippen molar-refractivity contribution < 1.29 is 32.6 Å². The van der Waals surface area contributed by atoms with Crippen molar-refractivity contribution in [1.82, 2.24) is 4.90 Å². The van der Waals surface area contributed by atoms with E-state index in [0.717, 1.165) is 0 Å². The molecule has 1 aliphatic heterocycles. The fourth-order valence-corrected chi connectivity index (χ4v) is 3.31. The van der Waals surface area contributed by atoms with Crippen LogP contribution in [0, 0.1) is 11.6 Å². The number of primary amides is 1. The molecule has 0 aliphatic carbocycles. The Morgan fingerprint density at radius 3 is 2.16 bits per heavy atom. The van der Waals surface area contributed by atoms with Crippen LogP contribution in [0.25, 0.3) is 0 Å². The van der Waals surface area contributed by atoms with Gasteiger partial charge in [0.15, 0.2) is 0 Å². The lowest BCUT2D eigenvalue weighted by Crippen LogP contribution is -2.58. The van der Waals surface area contributed by atoms with Gasteiger partial charge in [-0.3, -0.25) is 9.59 Å². The minimum atomic E-state index is -1.11.